The number of fused-ring (bicyclic) bond motifs is 1. The van der Waals surface area contributed by atoms with Gasteiger partial charge in [0, 0.05) is 36.9 Å². The number of aromatic nitrogens is 1. The monoisotopic (exact) mass is 495 g/mol. The fraction of sp³-hybridized carbons (Fsp3) is 0.360. The minimum absolute atomic E-state index is 0.0913. The van der Waals surface area contributed by atoms with Crippen molar-refractivity contribution in [2.75, 3.05) is 36.3 Å². The molecule has 186 valence electrons. The first-order valence-corrected chi connectivity index (χ1v) is 12.9. The standard InChI is InChI=1S/C25H33N7O2S/c1-16(33)31(26)22-14-18(8-9-29-22)25-24(30-19-6-4-3-5-7-19)23-20(32(25)27)12-17(13-21(23)34)15-35-11-10-28-2/h3-9,14,17,22,28-30H,10-13,15,26-27H2,1-2H3. The number of amides is 1. The van der Waals surface area contributed by atoms with E-state index < -0.39 is 6.17 Å². The number of anilines is 2. The molecular weight excluding hydrogens is 462 g/mol. The van der Waals surface area contributed by atoms with Gasteiger partial charge in [-0.05, 0) is 55.6 Å². The summed E-state index contributed by atoms with van der Waals surface area (Å²) in [4.78, 5) is 25.3. The zero-order valence-electron chi connectivity index (χ0n) is 20.1. The van der Waals surface area contributed by atoms with Crippen LogP contribution in [0, 0.1) is 5.92 Å². The maximum Gasteiger partial charge on any atom is 0.235 e. The highest BCUT2D eigenvalue weighted by atomic mass is 32.2. The number of carbonyl (C=O) groups excluding carboxylic acids is 2. The van der Waals surface area contributed by atoms with E-state index in [2.05, 4.69) is 16.0 Å². The van der Waals surface area contributed by atoms with E-state index in [1.165, 1.54) is 6.92 Å². The number of hydrogen-bond donors (Lipinski definition) is 5. The molecule has 2 atom stereocenters. The van der Waals surface area contributed by atoms with Crippen LogP contribution in [0.5, 0.6) is 0 Å². The summed E-state index contributed by atoms with van der Waals surface area (Å²) in [5, 5.41) is 10.8. The molecule has 9 nitrogen and oxygen atoms in total. The second-order valence-electron chi connectivity index (χ2n) is 8.78. The Bertz CT molecular complexity index is 1140. The van der Waals surface area contributed by atoms with Gasteiger partial charge in [0.15, 0.2) is 5.78 Å². The van der Waals surface area contributed by atoms with Gasteiger partial charge in [-0.25, -0.2) is 5.84 Å². The summed E-state index contributed by atoms with van der Waals surface area (Å²) in [6.07, 6.45) is 6.15. The Hall–Kier alpha value is -3.21. The molecule has 0 spiro atoms. The summed E-state index contributed by atoms with van der Waals surface area (Å²) in [7, 11) is 1.94. The van der Waals surface area contributed by atoms with Gasteiger partial charge in [-0.3, -0.25) is 19.3 Å². The molecule has 1 aromatic heterocycles. The molecule has 2 heterocycles. The molecule has 1 amide bonds. The van der Waals surface area contributed by atoms with Crippen LogP contribution in [0.2, 0.25) is 0 Å². The number of nitrogens with two attached hydrogens (primary N) is 2. The normalized spacial score (nSPS) is 19.1. The van der Waals surface area contributed by atoms with Gasteiger partial charge in [-0.15, -0.1) is 0 Å². The molecule has 10 heteroatoms. The molecule has 0 fully saturated rings. The SMILES string of the molecule is CNCCSCC1CC(=O)c2c(Nc3ccccc3)c(C3=CC(N(N)C(C)=O)NC=C3)n(N)c2C1. The van der Waals surface area contributed by atoms with Gasteiger partial charge in [0.05, 0.1) is 22.6 Å². The molecule has 2 aromatic rings. The number of hydrazine groups is 1. The Labute approximate surface area is 209 Å². The molecule has 0 saturated heterocycles. The van der Waals surface area contributed by atoms with Crippen LogP contribution in [-0.4, -0.2) is 52.6 Å². The lowest BCUT2D eigenvalue weighted by Crippen LogP contribution is -2.50. The van der Waals surface area contributed by atoms with Crippen molar-refractivity contribution in [3.05, 3.63) is 65.6 Å². The number of nitrogens with zero attached hydrogens (tertiary/aromatic N) is 2. The van der Waals surface area contributed by atoms with E-state index in [-0.39, 0.29) is 17.6 Å². The van der Waals surface area contributed by atoms with Gasteiger partial charge in [0.25, 0.3) is 0 Å². The predicted octanol–water partition coefficient (Wildman–Crippen LogP) is 2.19. The van der Waals surface area contributed by atoms with Gasteiger partial charge in [-0.2, -0.15) is 11.8 Å². The smallest absolute Gasteiger partial charge is 0.235 e. The van der Waals surface area contributed by atoms with Crippen LogP contribution in [0.15, 0.2) is 48.7 Å². The largest absolute Gasteiger partial charge is 0.367 e. The third-order valence-corrected chi connectivity index (χ3v) is 7.44. The maximum atomic E-state index is 13.5. The second-order valence-corrected chi connectivity index (χ2v) is 9.93. The van der Waals surface area contributed by atoms with E-state index in [1.807, 2.05) is 61.3 Å². The number of allylic oxidation sites excluding steroid dienone is 2. The van der Waals surface area contributed by atoms with Crippen LogP contribution in [0.3, 0.4) is 0 Å². The molecular formula is C25H33N7O2S. The predicted molar refractivity (Wildman–Crippen MR) is 142 cm³/mol. The van der Waals surface area contributed by atoms with E-state index in [4.69, 9.17) is 11.7 Å². The minimum atomic E-state index is -0.531. The van der Waals surface area contributed by atoms with Gasteiger partial charge >= 0.3 is 0 Å². The van der Waals surface area contributed by atoms with Gasteiger partial charge in [0.2, 0.25) is 5.91 Å². The Balaban J connectivity index is 1.74. The first-order valence-electron chi connectivity index (χ1n) is 11.7. The molecule has 2 aliphatic rings. The van der Waals surface area contributed by atoms with Crippen LogP contribution in [0.4, 0.5) is 11.4 Å². The Morgan fingerprint density at radius 2 is 2.06 bits per heavy atom. The van der Waals surface area contributed by atoms with E-state index in [0.717, 1.165) is 46.4 Å². The van der Waals surface area contributed by atoms with Crippen molar-refractivity contribution in [2.45, 2.75) is 25.9 Å². The number of rotatable bonds is 9. The lowest BCUT2D eigenvalue weighted by atomic mass is 9.87. The minimum Gasteiger partial charge on any atom is -0.367 e. The average Bonchev–Trinajstić information content (AvgIpc) is 3.13. The van der Waals surface area contributed by atoms with E-state index >= 15 is 0 Å². The Morgan fingerprint density at radius 3 is 2.77 bits per heavy atom. The number of thioether (sulfide) groups is 1. The third kappa shape index (κ3) is 5.39. The second kappa shape index (κ2) is 11.0. The summed E-state index contributed by atoms with van der Waals surface area (Å²) in [6, 6.07) is 9.72. The van der Waals surface area contributed by atoms with E-state index in [9.17, 15) is 9.59 Å². The first kappa shape index (κ1) is 24.9. The van der Waals surface area contributed by atoms with Crippen molar-refractivity contribution in [2.24, 2.45) is 11.8 Å². The number of dihydropyridines is 1. The number of hydrogen-bond acceptors (Lipinski definition) is 8. The molecule has 7 N–H and O–H groups in total. The number of carbonyl (C=O) groups is 2. The van der Waals surface area contributed by atoms with Crippen LogP contribution in [0.1, 0.15) is 35.1 Å². The number of nitrogen functional groups attached to an aromatic ring is 1. The van der Waals surface area contributed by atoms with E-state index in [0.29, 0.717) is 23.4 Å². The molecule has 0 saturated carbocycles. The summed E-state index contributed by atoms with van der Waals surface area (Å²) >= 11 is 1.85. The molecule has 1 aromatic carbocycles. The number of nitrogens with one attached hydrogen (secondary N) is 3. The van der Waals surface area contributed by atoms with Crippen LogP contribution in [0.25, 0.3) is 5.57 Å². The molecule has 4 rings (SSSR count). The number of Topliss-reactive ketones (excluding diaryl/α,β-unsaturated/α-hetero) is 1. The van der Waals surface area contributed by atoms with Crippen LogP contribution < -0.4 is 27.6 Å². The Morgan fingerprint density at radius 1 is 1.29 bits per heavy atom. The van der Waals surface area contributed by atoms with Crippen molar-refractivity contribution in [1.82, 2.24) is 20.3 Å². The van der Waals surface area contributed by atoms with Crippen molar-refractivity contribution >= 4 is 40.4 Å². The molecule has 0 bridgehead atoms. The van der Waals surface area contributed by atoms with Gasteiger partial charge < -0.3 is 21.8 Å². The summed E-state index contributed by atoms with van der Waals surface area (Å²) in [5.41, 5.74) is 4.48. The highest BCUT2D eigenvalue weighted by molar-refractivity contribution is 7.99. The fourth-order valence-electron chi connectivity index (χ4n) is 4.49. The van der Waals surface area contributed by atoms with Crippen molar-refractivity contribution < 1.29 is 9.59 Å². The highest BCUT2D eigenvalue weighted by Gasteiger charge is 2.35. The number of benzene rings is 1. The van der Waals surface area contributed by atoms with Crippen LogP contribution in [-0.2, 0) is 11.2 Å². The zero-order chi connectivity index (χ0) is 24.9. The number of para-hydroxylation sites is 1. The topological polar surface area (TPSA) is 130 Å². The quantitative estimate of drug-likeness (QED) is 0.155. The molecule has 1 aliphatic heterocycles. The van der Waals surface area contributed by atoms with Crippen molar-refractivity contribution in [3.8, 4) is 0 Å². The van der Waals surface area contributed by atoms with Gasteiger partial charge in [-0.1, -0.05) is 18.2 Å². The molecule has 1 aliphatic carbocycles. The maximum absolute atomic E-state index is 13.5. The Kier molecular flexibility index (Phi) is 7.84. The average molecular weight is 496 g/mol. The molecule has 35 heavy (non-hydrogen) atoms. The summed E-state index contributed by atoms with van der Waals surface area (Å²) in [5.74, 6) is 14.6. The number of ketones is 1. The molecule has 0 radical (unpaired) electrons. The zero-order valence-corrected chi connectivity index (χ0v) is 20.9. The fourth-order valence-corrected chi connectivity index (χ4v) is 5.57. The lowest BCUT2D eigenvalue weighted by molar-refractivity contribution is -0.130. The third-order valence-electron chi connectivity index (χ3n) is 6.24. The van der Waals surface area contributed by atoms with Gasteiger partial charge in [0.1, 0.15) is 6.17 Å². The van der Waals surface area contributed by atoms with E-state index in [1.54, 1.807) is 10.9 Å². The first-order chi connectivity index (χ1) is 16.9. The summed E-state index contributed by atoms with van der Waals surface area (Å²) < 4.78 is 1.64. The molecule has 2 unspecified atom stereocenters. The van der Waals surface area contributed by atoms with Crippen molar-refractivity contribution in [1.29, 1.82) is 0 Å². The summed E-state index contributed by atoms with van der Waals surface area (Å²) in [6.45, 7) is 2.35. The van der Waals surface area contributed by atoms with Crippen molar-refractivity contribution in [3.63, 3.8) is 0 Å². The lowest BCUT2D eigenvalue weighted by Gasteiger charge is -2.27. The van der Waals surface area contributed by atoms with Crippen LogP contribution >= 0.6 is 11.8 Å². The highest BCUT2D eigenvalue weighted by Crippen LogP contribution is 2.40.